The van der Waals surface area contributed by atoms with Gasteiger partial charge in [-0.15, -0.1) is 0 Å². The van der Waals surface area contributed by atoms with Crippen molar-refractivity contribution in [1.29, 1.82) is 0 Å². The zero-order valence-corrected chi connectivity index (χ0v) is 26.1. The third kappa shape index (κ3) is 12.9. The number of hydrogen-bond acceptors (Lipinski definition) is 4. The van der Waals surface area contributed by atoms with Crippen LogP contribution in [0.4, 0.5) is 4.79 Å². The van der Waals surface area contributed by atoms with Gasteiger partial charge < -0.3 is 20.3 Å². The lowest BCUT2D eigenvalue weighted by atomic mass is 9.95. The van der Waals surface area contributed by atoms with Crippen molar-refractivity contribution in [3.8, 4) is 0 Å². The average Bonchev–Trinajstić information content (AvgIpc) is 2.82. The minimum Gasteiger partial charge on any atom is -0.444 e. The van der Waals surface area contributed by atoms with Gasteiger partial charge in [-0.2, -0.15) is 0 Å². The number of alkyl carbamates (subject to hydrolysis) is 1. The molecule has 2 N–H and O–H groups in total. The molecule has 0 bridgehead atoms. The second-order valence-electron chi connectivity index (χ2n) is 12.2. The number of ether oxygens (including phenoxy) is 1. The van der Waals surface area contributed by atoms with E-state index in [2.05, 4.69) is 30.5 Å². The summed E-state index contributed by atoms with van der Waals surface area (Å²) in [4.78, 5) is 42.6. The van der Waals surface area contributed by atoms with Gasteiger partial charge in [0.15, 0.2) is 0 Å². The fraction of sp³-hybridized carbons (Fsp3) is 0.719. The summed E-state index contributed by atoms with van der Waals surface area (Å²) in [5, 5.41) is 5.93. The number of nitrogens with one attached hydrogen (secondary N) is 2. The summed E-state index contributed by atoms with van der Waals surface area (Å²) in [6.45, 7) is 18.7. The van der Waals surface area contributed by atoms with Gasteiger partial charge in [0.05, 0.1) is 0 Å². The molecular formula is C32H55N3O4. The van der Waals surface area contributed by atoms with E-state index in [0.29, 0.717) is 19.5 Å². The fourth-order valence-corrected chi connectivity index (χ4v) is 4.68. The molecule has 1 rings (SSSR count). The van der Waals surface area contributed by atoms with Gasteiger partial charge in [0.1, 0.15) is 17.7 Å². The lowest BCUT2D eigenvalue weighted by Gasteiger charge is -2.35. The Kier molecular flexibility index (Phi) is 15.2. The summed E-state index contributed by atoms with van der Waals surface area (Å²) in [6, 6.07) is 4.43. The highest BCUT2D eigenvalue weighted by Gasteiger charge is 2.36. The Morgan fingerprint density at radius 2 is 1.59 bits per heavy atom. The third-order valence-corrected chi connectivity index (χ3v) is 6.59. The van der Waals surface area contributed by atoms with Gasteiger partial charge in [0, 0.05) is 13.1 Å². The van der Waals surface area contributed by atoms with E-state index < -0.39 is 23.8 Å². The predicted molar refractivity (Wildman–Crippen MR) is 160 cm³/mol. The maximum atomic E-state index is 14.3. The lowest BCUT2D eigenvalue weighted by Crippen LogP contribution is -2.53. The van der Waals surface area contributed by atoms with Gasteiger partial charge in [-0.1, -0.05) is 83.6 Å². The van der Waals surface area contributed by atoms with E-state index in [0.717, 1.165) is 61.6 Å². The first-order chi connectivity index (χ1) is 18.3. The lowest BCUT2D eigenvalue weighted by molar-refractivity contribution is -0.143. The Morgan fingerprint density at radius 3 is 2.15 bits per heavy atom. The molecule has 39 heavy (non-hydrogen) atoms. The molecule has 0 saturated carbocycles. The summed E-state index contributed by atoms with van der Waals surface area (Å²) in [5.74, 6) is -0.277. The summed E-state index contributed by atoms with van der Waals surface area (Å²) in [7, 11) is 0. The highest BCUT2D eigenvalue weighted by atomic mass is 16.6. The molecule has 1 aromatic carbocycles. The zero-order valence-electron chi connectivity index (χ0n) is 26.1. The van der Waals surface area contributed by atoms with Crippen molar-refractivity contribution in [3.05, 3.63) is 34.9 Å². The van der Waals surface area contributed by atoms with Crippen molar-refractivity contribution in [2.75, 3.05) is 13.1 Å². The van der Waals surface area contributed by atoms with E-state index in [-0.39, 0.29) is 17.7 Å². The predicted octanol–water partition coefficient (Wildman–Crippen LogP) is 7.00. The zero-order chi connectivity index (χ0) is 29.6. The van der Waals surface area contributed by atoms with E-state index >= 15 is 0 Å². The number of nitrogens with zero attached hydrogens (tertiary/aromatic N) is 1. The van der Waals surface area contributed by atoms with E-state index in [4.69, 9.17) is 4.74 Å². The van der Waals surface area contributed by atoms with E-state index in [9.17, 15) is 14.4 Å². The quantitative estimate of drug-likeness (QED) is 0.219. The Balaban J connectivity index is 3.50. The molecule has 0 heterocycles. The minimum atomic E-state index is -0.799. The molecule has 0 radical (unpaired) electrons. The first-order valence-electron chi connectivity index (χ1n) is 15.0. The van der Waals surface area contributed by atoms with Gasteiger partial charge in [-0.3, -0.25) is 9.59 Å². The normalized spacial score (nSPS) is 13.1. The molecule has 0 aliphatic heterocycles. The average molecular weight is 546 g/mol. The Labute approximate surface area is 237 Å². The number of amides is 3. The Hall–Kier alpha value is -2.57. The molecule has 2 unspecified atom stereocenters. The SMILES string of the molecule is CCCCCCN(C(=O)C(CC(C)C)NC(=O)OC(C)(C)C)C(C(=O)NCCCCC)c1ccc(C)cc1C. The molecule has 0 spiro atoms. The second kappa shape index (κ2) is 17.2. The molecule has 7 nitrogen and oxygen atoms in total. The van der Waals surface area contributed by atoms with Gasteiger partial charge >= 0.3 is 6.09 Å². The van der Waals surface area contributed by atoms with Crippen LogP contribution in [0.3, 0.4) is 0 Å². The highest BCUT2D eigenvalue weighted by Crippen LogP contribution is 2.28. The smallest absolute Gasteiger partial charge is 0.408 e. The van der Waals surface area contributed by atoms with Crippen LogP contribution < -0.4 is 10.6 Å². The molecule has 1 aromatic rings. The molecule has 3 amide bonds. The van der Waals surface area contributed by atoms with Gasteiger partial charge in [0.2, 0.25) is 11.8 Å². The van der Waals surface area contributed by atoms with Crippen LogP contribution in [0.25, 0.3) is 0 Å². The van der Waals surface area contributed by atoms with Crippen molar-refractivity contribution in [3.63, 3.8) is 0 Å². The van der Waals surface area contributed by atoms with Crippen molar-refractivity contribution in [2.45, 2.75) is 131 Å². The van der Waals surface area contributed by atoms with Crippen LogP contribution in [-0.2, 0) is 14.3 Å². The van der Waals surface area contributed by atoms with Gasteiger partial charge in [0.25, 0.3) is 0 Å². The highest BCUT2D eigenvalue weighted by molar-refractivity contribution is 5.92. The molecule has 0 aliphatic carbocycles. The van der Waals surface area contributed by atoms with Crippen LogP contribution in [0.5, 0.6) is 0 Å². The van der Waals surface area contributed by atoms with Crippen LogP contribution >= 0.6 is 0 Å². The van der Waals surface area contributed by atoms with Crippen LogP contribution in [0, 0.1) is 19.8 Å². The standard InChI is InChI=1S/C32H55N3O4/c1-10-12-14-16-20-35(30(37)27(21-23(3)4)34-31(38)39-32(7,8)9)28(29(36)33-19-15-13-11-2)26-18-17-24(5)22-25(26)6/h17-18,22-23,27-28H,10-16,19-21H2,1-9H3,(H,33,36)(H,34,38). The number of carbonyl (C=O) groups excluding carboxylic acids is 3. The Bertz CT molecular complexity index is 907. The number of unbranched alkanes of at least 4 members (excludes halogenated alkanes) is 5. The van der Waals surface area contributed by atoms with Crippen LogP contribution in [0.1, 0.15) is 123 Å². The molecule has 0 saturated heterocycles. The van der Waals surface area contributed by atoms with Gasteiger partial charge in [-0.25, -0.2) is 4.79 Å². The van der Waals surface area contributed by atoms with Gasteiger partial charge in [-0.05, 0) is 70.9 Å². The second-order valence-corrected chi connectivity index (χ2v) is 12.2. The molecule has 0 aromatic heterocycles. The van der Waals surface area contributed by atoms with E-state index in [1.54, 1.807) is 25.7 Å². The topological polar surface area (TPSA) is 87.7 Å². The first kappa shape index (κ1) is 34.5. The minimum absolute atomic E-state index is 0.151. The maximum absolute atomic E-state index is 14.3. The fourth-order valence-electron chi connectivity index (χ4n) is 4.68. The third-order valence-electron chi connectivity index (χ3n) is 6.59. The van der Waals surface area contributed by atoms with Crippen molar-refractivity contribution in [2.24, 2.45) is 5.92 Å². The maximum Gasteiger partial charge on any atom is 0.408 e. The largest absolute Gasteiger partial charge is 0.444 e. The summed E-state index contributed by atoms with van der Waals surface area (Å²) >= 11 is 0. The Morgan fingerprint density at radius 1 is 0.949 bits per heavy atom. The van der Waals surface area contributed by atoms with Crippen LogP contribution in [0.15, 0.2) is 18.2 Å². The monoisotopic (exact) mass is 545 g/mol. The van der Waals surface area contributed by atoms with Crippen molar-refractivity contribution >= 4 is 17.9 Å². The van der Waals surface area contributed by atoms with Crippen molar-refractivity contribution < 1.29 is 19.1 Å². The molecule has 0 fully saturated rings. The van der Waals surface area contributed by atoms with Crippen LogP contribution in [0.2, 0.25) is 0 Å². The number of benzene rings is 1. The van der Waals surface area contributed by atoms with E-state index in [1.807, 2.05) is 39.8 Å². The molecule has 222 valence electrons. The number of hydrogen-bond donors (Lipinski definition) is 2. The summed E-state index contributed by atoms with van der Waals surface area (Å²) < 4.78 is 5.49. The number of carbonyl (C=O) groups is 3. The van der Waals surface area contributed by atoms with E-state index in [1.165, 1.54) is 0 Å². The summed E-state index contributed by atoms with van der Waals surface area (Å²) in [6.07, 6.45) is 6.68. The van der Waals surface area contributed by atoms with Crippen LogP contribution in [-0.4, -0.2) is 47.5 Å². The molecule has 7 heteroatoms. The molecular weight excluding hydrogens is 490 g/mol. The first-order valence-corrected chi connectivity index (χ1v) is 15.0. The number of rotatable bonds is 16. The summed E-state index contributed by atoms with van der Waals surface area (Å²) in [5.41, 5.74) is 2.20. The molecule has 0 aliphatic rings. The van der Waals surface area contributed by atoms with Crippen molar-refractivity contribution in [1.82, 2.24) is 15.5 Å². The molecule has 2 atom stereocenters. The number of aryl methyl sites for hydroxylation is 2.